The van der Waals surface area contributed by atoms with Crippen LogP contribution in [0.1, 0.15) is 18.9 Å². The van der Waals surface area contributed by atoms with E-state index in [2.05, 4.69) is 22.3 Å². The number of rotatable bonds is 2. The van der Waals surface area contributed by atoms with Gasteiger partial charge in [-0.25, -0.2) is 9.31 Å². The van der Waals surface area contributed by atoms with Gasteiger partial charge < -0.3 is 4.90 Å². The highest BCUT2D eigenvalue weighted by atomic mass is 16.1. The maximum atomic E-state index is 13.4. The molecule has 4 aromatic rings. The minimum atomic E-state index is 0.0141. The molecule has 7 nitrogen and oxygen atoms in total. The van der Waals surface area contributed by atoms with Crippen molar-refractivity contribution in [3.8, 4) is 5.69 Å². The van der Waals surface area contributed by atoms with Crippen LogP contribution in [0.15, 0.2) is 53.6 Å². The van der Waals surface area contributed by atoms with Crippen molar-refractivity contribution in [2.45, 2.75) is 18.9 Å². The van der Waals surface area contributed by atoms with E-state index < -0.39 is 0 Å². The maximum Gasteiger partial charge on any atom is 0.334 e. The molecule has 1 aliphatic heterocycles. The first-order valence-corrected chi connectivity index (χ1v) is 8.93. The van der Waals surface area contributed by atoms with Gasteiger partial charge in [-0.15, -0.1) is 5.10 Å². The summed E-state index contributed by atoms with van der Waals surface area (Å²) in [7, 11) is 2.13. The van der Waals surface area contributed by atoms with Crippen LogP contribution in [0.2, 0.25) is 0 Å². The van der Waals surface area contributed by atoms with E-state index >= 15 is 0 Å². The SMILES string of the molecule is CN1CCC(n2c(=O)n(-c3ccc4cnnn4c3)c3ccccc32)CC1. The predicted molar refractivity (Wildman–Crippen MR) is 99.8 cm³/mol. The number of nitrogens with zero attached hydrogens (tertiary/aromatic N) is 6. The van der Waals surface area contributed by atoms with Gasteiger partial charge in [0.1, 0.15) is 0 Å². The monoisotopic (exact) mass is 348 g/mol. The van der Waals surface area contributed by atoms with Crippen molar-refractivity contribution in [3.63, 3.8) is 0 Å². The normalized spacial score (nSPS) is 16.7. The van der Waals surface area contributed by atoms with Crippen LogP contribution in [0.4, 0.5) is 0 Å². The zero-order valence-corrected chi connectivity index (χ0v) is 14.6. The molecular weight excluding hydrogens is 328 g/mol. The third-order valence-corrected chi connectivity index (χ3v) is 5.37. The summed E-state index contributed by atoms with van der Waals surface area (Å²) in [6, 6.07) is 12.1. The second-order valence-corrected chi connectivity index (χ2v) is 7.00. The average molecular weight is 348 g/mol. The molecule has 7 heteroatoms. The zero-order valence-electron chi connectivity index (χ0n) is 14.6. The number of piperidine rings is 1. The summed E-state index contributed by atoms with van der Waals surface area (Å²) in [5, 5.41) is 7.98. The lowest BCUT2D eigenvalue weighted by Crippen LogP contribution is -2.35. The Morgan fingerprint density at radius 1 is 1.04 bits per heavy atom. The first kappa shape index (κ1) is 15.3. The van der Waals surface area contributed by atoms with E-state index in [1.165, 1.54) is 0 Å². The molecule has 0 saturated carbocycles. The van der Waals surface area contributed by atoms with Crippen LogP contribution < -0.4 is 5.69 Å². The van der Waals surface area contributed by atoms with Crippen molar-refractivity contribution in [1.82, 2.24) is 28.9 Å². The van der Waals surface area contributed by atoms with Gasteiger partial charge in [-0.1, -0.05) is 17.3 Å². The summed E-state index contributed by atoms with van der Waals surface area (Å²) < 4.78 is 5.46. The summed E-state index contributed by atoms with van der Waals surface area (Å²) in [5.74, 6) is 0. The lowest BCUT2D eigenvalue weighted by Gasteiger charge is -2.29. The van der Waals surface area contributed by atoms with Crippen LogP contribution in [-0.4, -0.2) is 49.0 Å². The molecule has 1 saturated heterocycles. The maximum absolute atomic E-state index is 13.4. The summed E-state index contributed by atoms with van der Waals surface area (Å²) in [5.41, 5.74) is 3.64. The number of hydrogen-bond acceptors (Lipinski definition) is 4. The molecule has 3 aromatic heterocycles. The minimum absolute atomic E-state index is 0.0141. The molecule has 1 fully saturated rings. The van der Waals surface area contributed by atoms with Crippen LogP contribution in [0.25, 0.3) is 22.2 Å². The summed E-state index contributed by atoms with van der Waals surface area (Å²) >= 11 is 0. The number of fused-ring (bicyclic) bond motifs is 2. The quantitative estimate of drug-likeness (QED) is 0.557. The van der Waals surface area contributed by atoms with Gasteiger partial charge in [0, 0.05) is 6.04 Å². The summed E-state index contributed by atoms with van der Waals surface area (Å²) in [6.45, 7) is 2.03. The van der Waals surface area contributed by atoms with Gasteiger partial charge in [-0.2, -0.15) is 0 Å². The Kier molecular flexibility index (Phi) is 3.43. The van der Waals surface area contributed by atoms with Gasteiger partial charge in [0.15, 0.2) is 0 Å². The summed E-state index contributed by atoms with van der Waals surface area (Å²) in [6.07, 6.45) is 5.54. The number of aromatic nitrogens is 5. The Morgan fingerprint density at radius 3 is 2.62 bits per heavy atom. The zero-order chi connectivity index (χ0) is 17.7. The minimum Gasteiger partial charge on any atom is -0.306 e. The van der Waals surface area contributed by atoms with E-state index in [1.807, 2.05) is 47.2 Å². The molecule has 0 bridgehead atoms. The molecule has 0 amide bonds. The fourth-order valence-electron chi connectivity index (χ4n) is 3.97. The van der Waals surface area contributed by atoms with Gasteiger partial charge in [-0.3, -0.25) is 9.13 Å². The first-order chi connectivity index (χ1) is 12.7. The number of benzene rings is 1. The third kappa shape index (κ3) is 2.28. The van der Waals surface area contributed by atoms with E-state index in [0.717, 1.165) is 48.2 Å². The number of para-hydroxylation sites is 2. The number of hydrogen-bond donors (Lipinski definition) is 0. The molecule has 5 rings (SSSR count). The van der Waals surface area contributed by atoms with Crippen LogP contribution in [0.5, 0.6) is 0 Å². The predicted octanol–water partition coefficient (Wildman–Crippen LogP) is 2.10. The topological polar surface area (TPSA) is 60.4 Å². The third-order valence-electron chi connectivity index (χ3n) is 5.37. The Morgan fingerprint density at radius 2 is 1.81 bits per heavy atom. The van der Waals surface area contributed by atoms with Gasteiger partial charge in [0.2, 0.25) is 0 Å². The van der Waals surface area contributed by atoms with Gasteiger partial charge in [0.05, 0.1) is 34.6 Å². The number of imidazole rings is 1. The molecule has 1 aliphatic rings. The Labute approximate surface area is 150 Å². The van der Waals surface area contributed by atoms with E-state index in [0.29, 0.717) is 0 Å². The van der Waals surface area contributed by atoms with Crippen molar-refractivity contribution in [1.29, 1.82) is 0 Å². The van der Waals surface area contributed by atoms with E-state index in [-0.39, 0.29) is 11.7 Å². The van der Waals surface area contributed by atoms with Crippen LogP contribution >= 0.6 is 0 Å². The molecular formula is C19H20N6O. The fraction of sp³-hybridized carbons (Fsp3) is 0.316. The molecule has 4 heterocycles. The fourth-order valence-corrected chi connectivity index (χ4v) is 3.97. The molecule has 0 aliphatic carbocycles. The van der Waals surface area contributed by atoms with Crippen molar-refractivity contribution in [2.24, 2.45) is 0 Å². The molecule has 26 heavy (non-hydrogen) atoms. The van der Waals surface area contributed by atoms with Crippen molar-refractivity contribution in [3.05, 3.63) is 59.3 Å². The smallest absolute Gasteiger partial charge is 0.306 e. The van der Waals surface area contributed by atoms with Crippen molar-refractivity contribution >= 4 is 16.6 Å². The van der Waals surface area contributed by atoms with Crippen molar-refractivity contribution < 1.29 is 0 Å². The van der Waals surface area contributed by atoms with Crippen LogP contribution in [0, 0.1) is 0 Å². The lowest BCUT2D eigenvalue weighted by molar-refractivity contribution is 0.221. The average Bonchev–Trinajstić information content (AvgIpc) is 3.23. The number of likely N-dealkylation sites (tertiary alicyclic amines) is 1. The second kappa shape index (κ2) is 5.81. The highest BCUT2D eigenvalue weighted by Crippen LogP contribution is 2.26. The van der Waals surface area contributed by atoms with Crippen LogP contribution in [-0.2, 0) is 0 Å². The highest BCUT2D eigenvalue weighted by molar-refractivity contribution is 5.78. The van der Waals surface area contributed by atoms with Gasteiger partial charge in [-0.05, 0) is 57.2 Å². The Balaban J connectivity index is 1.73. The standard InChI is InChI=1S/C19H20N6O/c1-22-10-8-14(9-11-22)24-17-4-2-3-5-18(17)25(19(24)26)16-7-6-15-12-20-21-23(15)13-16/h2-7,12-14H,8-11H2,1H3. The van der Waals surface area contributed by atoms with E-state index in [9.17, 15) is 4.79 Å². The molecule has 0 radical (unpaired) electrons. The second-order valence-electron chi connectivity index (χ2n) is 7.00. The molecule has 0 unspecified atom stereocenters. The van der Waals surface area contributed by atoms with E-state index in [1.54, 1.807) is 15.3 Å². The lowest BCUT2D eigenvalue weighted by atomic mass is 10.1. The first-order valence-electron chi connectivity index (χ1n) is 8.93. The molecule has 1 aromatic carbocycles. The Hall–Kier alpha value is -2.93. The highest BCUT2D eigenvalue weighted by Gasteiger charge is 2.24. The van der Waals surface area contributed by atoms with Gasteiger partial charge in [0.25, 0.3) is 0 Å². The van der Waals surface area contributed by atoms with Crippen LogP contribution in [0.3, 0.4) is 0 Å². The molecule has 0 N–H and O–H groups in total. The molecule has 0 atom stereocenters. The van der Waals surface area contributed by atoms with Crippen molar-refractivity contribution in [2.75, 3.05) is 20.1 Å². The number of pyridine rings is 1. The largest absolute Gasteiger partial charge is 0.334 e. The molecule has 132 valence electrons. The summed E-state index contributed by atoms with van der Waals surface area (Å²) in [4.78, 5) is 15.7. The Bertz CT molecular complexity index is 1150. The molecule has 0 spiro atoms. The van der Waals surface area contributed by atoms with Gasteiger partial charge >= 0.3 is 5.69 Å². The van der Waals surface area contributed by atoms with E-state index in [4.69, 9.17) is 0 Å².